The van der Waals surface area contributed by atoms with Crippen LogP contribution in [0, 0.1) is 0 Å². The van der Waals surface area contributed by atoms with Gasteiger partial charge in [0, 0.05) is 20.8 Å². The maximum absolute atomic E-state index is 10.9. The molecule has 1 N–H and O–H groups in total. The normalized spacial score (nSPS) is 13.0. The monoisotopic (exact) mass is 260 g/mol. The van der Waals surface area contributed by atoms with E-state index < -0.39 is 11.1 Å². The molecule has 0 aromatic heterocycles. The number of halogens is 2. The zero-order valence-corrected chi connectivity index (χ0v) is 9.73. The Morgan fingerprint density at radius 3 is 2.20 bits per heavy atom. The Hall–Kier alpha value is -0.610. The highest BCUT2D eigenvalue weighted by molar-refractivity contribution is 7.79. The van der Waals surface area contributed by atoms with E-state index in [1.165, 1.54) is 0 Å². The van der Waals surface area contributed by atoms with Gasteiger partial charge in [0.05, 0.1) is 4.90 Å². The van der Waals surface area contributed by atoms with Gasteiger partial charge in [-0.05, 0) is 24.3 Å². The van der Waals surface area contributed by atoms with Crippen molar-refractivity contribution in [2.24, 2.45) is 0 Å². The van der Waals surface area contributed by atoms with Crippen LogP contribution in [-0.2, 0) is 11.1 Å². The largest absolute Gasteiger partial charge is 0.302 e. The highest BCUT2D eigenvalue weighted by atomic mass is 35.5. The molecule has 0 aliphatic carbocycles. The van der Waals surface area contributed by atoms with Crippen LogP contribution in [0.5, 0.6) is 0 Å². The molecule has 0 bridgehead atoms. The summed E-state index contributed by atoms with van der Waals surface area (Å²) in [4.78, 5) is 0.312. The van der Waals surface area contributed by atoms with Crippen molar-refractivity contribution in [1.29, 1.82) is 0 Å². The molecule has 2 rings (SSSR count). The Balaban J connectivity index is 2.81. The molecule has 15 heavy (non-hydrogen) atoms. The molecule has 0 saturated carbocycles. The Bertz CT molecular complexity index is 554. The van der Waals surface area contributed by atoms with Crippen molar-refractivity contribution in [3.05, 3.63) is 40.4 Å². The van der Waals surface area contributed by atoms with E-state index in [0.717, 1.165) is 5.39 Å². The third-order valence-corrected chi connectivity index (χ3v) is 3.40. The average Bonchev–Trinajstić information content (AvgIpc) is 2.23. The van der Waals surface area contributed by atoms with Crippen molar-refractivity contribution in [3.8, 4) is 0 Å². The molecule has 2 nitrogen and oxygen atoms in total. The van der Waals surface area contributed by atoms with Gasteiger partial charge in [-0.15, -0.1) is 0 Å². The molecule has 0 aliphatic rings. The molecular weight excluding hydrogens is 255 g/mol. The molecular formula is C10H6Cl2O2S. The van der Waals surface area contributed by atoms with Crippen LogP contribution in [0.2, 0.25) is 10.0 Å². The molecule has 2 aromatic carbocycles. The lowest BCUT2D eigenvalue weighted by atomic mass is 10.1. The quantitative estimate of drug-likeness (QED) is 0.794. The summed E-state index contributed by atoms with van der Waals surface area (Å²) in [6, 6.07) is 8.17. The van der Waals surface area contributed by atoms with Gasteiger partial charge in [0.25, 0.3) is 0 Å². The fourth-order valence-electron chi connectivity index (χ4n) is 1.36. The predicted molar refractivity (Wildman–Crippen MR) is 63.0 cm³/mol. The summed E-state index contributed by atoms with van der Waals surface area (Å²) in [5.41, 5.74) is 0. The van der Waals surface area contributed by atoms with Gasteiger partial charge in [-0.2, -0.15) is 0 Å². The Morgan fingerprint density at radius 1 is 1.00 bits per heavy atom. The van der Waals surface area contributed by atoms with Crippen LogP contribution in [0.1, 0.15) is 0 Å². The van der Waals surface area contributed by atoms with Gasteiger partial charge < -0.3 is 4.55 Å². The SMILES string of the molecule is O=S(O)c1ccc2c(Cl)ccc(Cl)c2c1. The molecule has 1 atom stereocenters. The second kappa shape index (κ2) is 4.10. The van der Waals surface area contributed by atoms with Gasteiger partial charge in [0.1, 0.15) is 0 Å². The fourth-order valence-corrected chi connectivity index (χ4v) is 2.21. The maximum atomic E-state index is 10.9. The van der Waals surface area contributed by atoms with Crippen molar-refractivity contribution in [3.63, 3.8) is 0 Å². The summed E-state index contributed by atoms with van der Waals surface area (Å²) >= 11 is 9.93. The van der Waals surface area contributed by atoms with Gasteiger partial charge in [-0.25, -0.2) is 4.21 Å². The molecule has 0 spiro atoms. The Morgan fingerprint density at radius 2 is 1.60 bits per heavy atom. The third kappa shape index (κ3) is 2.01. The van der Waals surface area contributed by atoms with Crippen LogP contribution in [0.3, 0.4) is 0 Å². The van der Waals surface area contributed by atoms with E-state index in [1.807, 2.05) is 0 Å². The molecule has 0 amide bonds. The van der Waals surface area contributed by atoms with Gasteiger partial charge in [-0.1, -0.05) is 29.3 Å². The number of fused-ring (bicyclic) bond motifs is 1. The van der Waals surface area contributed by atoms with Crippen LogP contribution in [-0.4, -0.2) is 8.76 Å². The number of benzene rings is 2. The van der Waals surface area contributed by atoms with E-state index in [4.69, 9.17) is 27.8 Å². The number of hydrogen-bond donors (Lipinski definition) is 1. The summed E-state index contributed by atoms with van der Waals surface area (Å²) in [5, 5.41) is 2.55. The first-order chi connectivity index (χ1) is 7.09. The van der Waals surface area contributed by atoms with Crippen LogP contribution in [0.25, 0.3) is 10.8 Å². The standard InChI is InChI=1S/C10H6Cl2O2S/c11-9-3-4-10(12)8-5-6(15(13)14)1-2-7(8)9/h1-5H,(H,13,14). The molecule has 78 valence electrons. The minimum absolute atomic E-state index is 0.312. The zero-order chi connectivity index (χ0) is 11.0. The van der Waals surface area contributed by atoms with Gasteiger partial charge in [0.2, 0.25) is 0 Å². The van der Waals surface area contributed by atoms with E-state index in [-0.39, 0.29) is 0 Å². The number of rotatable bonds is 1. The summed E-state index contributed by atoms with van der Waals surface area (Å²) in [7, 11) is 0. The Labute approximate surface area is 99.1 Å². The summed E-state index contributed by atoms with van der Waals surface area (Å²) < 4.78 is 19.8. The van der Waals surface area contributed by atoms with Gasteiger partial charge in [0.15, 0.2) is 11.1 Å². The molecule has 2 aromatic rings. The molecule has 5 heteroatoms. The molecule has 0 fully saturated rings. The second-order valence-corrected chi connectivity index (χ2v) is 4.77. The molecule has 0 radical (unpaired) electrons. The van der Waals surface area contributed by atoms with E-state index in [2.05, 4.69) is 0 Å². The van der Waals surface area contributed by atoms with Crippen molar-refractivity contribution in [1.82, 2.24) is 0 Å². The topological polar surface area (TPSA) is 37.3 Å². The highest BCUT2D eigenvalue weighted by Gasteiger charge is 2.06. The third-order valence-electron chi connectivity index (χ3n) is 2.08. The van der Waals surface area contributed by atoms with Gasteiger partial charge >= 0.3 is 0 Å². The molecule has 0 saturated heterocycles. The van der Waals surface area contributed by atoms with Gasteiger partial charge in [-0.3, -0.25) is 0 Å². The first-order valence-electron chi connectivity index (χ1n) is 4.08. The zero-order valence-electron chi connectivity index (χ0n) is 7.41. The maximum Gasteiger partial charge on any atom is 0.186 e. The minimum atomic E-state index is -2.00. The molecule has 1 unspecified atom stereocenters. The predicted octanol–water partition coefficient (Wildman–Crippen LogP) is 3.73. The second-order valence-electron chi connectivity index (χ2n) is 2.99. The van der Waals surface area contributed by atoms with Crippen molar-refractivity contribution in [2.75, 3.05) is 0 Å². The van der Waals surface area contributed by atoms with E-state index in [0.29, 0.717) is 20.3 Å². The summed E-state index contributed by atoms with van der Waals surface area (Å²) in [6.45, 7) is 0. The molecule has 0 aliphatic heterocycles. The van der Waals surface area contributed by atoms with Crippen molar-refractivity contribution in [2.45, 2.75) is 4.90 Å². The van der Waals surface area contributed by atoms with Crippen LogP contribution >= 0.6 is 23.2 Å². The first-order valence-corrected chi connectivity index (χ1v) is 5.94. The average molecular weight is 261 g/mol. The lowest BCUT2D eigenvalue weighted by Gasteiger charge is -2.04. The first kappa shape index (κ1) is 10.9. The highest BCUT2D eigenvalue weighted by Crippen LogP contribution is 2.30. The van der Waals surface area contributed by atoms with Crippen molar-refractivity contribution < 1.29 is 8.76 Å². The molecule has 0 heterocycles. The van der Waals surface area contributed by atoms with E-state index in [9.17, 15) is 4.21 Å². The van der Waals surface area contributed by atoms with Crippen molar-refractivity contribution >= 4 is 45.1 Å². The Kier molecular flexibility index (Phi) is 2.98. The summed E-state index contributed by atoms with van der Waals surface area (Å²) in [6.07, 6.45) is 0. The summed E-state index contributed by atoms with van der Waals surface area (Å²) in [5.74, 6) is 0. The smallest absolute Gasteiger partial charge is 0.186 e. The lowest BCUT2D eigenvalue weighted by molar-refractivity contribution is 0.564. The van der Waals surface area contributed by atoms with E-state index >= 15 is 0 Å². The lowest BCUT2D eigenvalue weighted by Crippen LogP contribution is -1.88. The number of hydrogen-bond acceptors (Lipinski definition) is 1. The minimum Gasteiger partial charge on any atom is -0.302 e. The van der Waals surface area contributed by atoms with Crippen LogP contribution in [0.15, 0.2) is 35.2 Å². The van der Waals surface area contributed by atoms with Crippen LogP contribution in [0.4, 0.5) is 0 Å². The fraction of sp³-hybridized carbons (Fsp3) is 0. The van der Waals surface area contributed by atoms with Crippen LogP contribution < -0.4 is 0 Å². The van der Waals surface area contributed by atoms with E-state index in [1.54, 1.807) is 30.3 Å².